The molecule has 0 aliphatic rings. The molecule has 5 heteroatoms. The number of carbonyl (C=O) groups excluding carboxylic acids is 1. The number of esters is 1. The van der Waals surface area contributed by atoms with Crippen molar-refractivity contribution in [2.45, 2.75) is 32.4 Å². The van der Waals surface area contributed by atoms with Gasteiger partial charge in [0.2, 0.25) is 0 Å². The van der Waals surface area contributed by atoms with E-state index in [0.29, 0.717) is 13.0 Å². The van der Waals surface area contributed by atoms with E-state index in [2.05, 4.69) is 5.10 Å². The number of nitrogens with zero attached hydrogens (tertiary/aromatic N) is 2. The first-order chi connectivity index (χ1) is 9.97. The van der Waals surface area contributed by atoms with Gasteiger partial charge in [0.05, 0.1) is 12.8 Å². The summed E-state index contributed by atoms with van der Waals surface area (Å²) in [5.74, 6) is -0.435. The van der Waals surface area contributed by atoms with Gasteiger partial charge in [0.15, 0.2) is 0 Å². The van der Waals surface area contributed by atoms with E-state index < -0.39 is 11.5 Å². The minimum Gasteiger partial charge on any atom is -0.467 e. The molecule has 0 saturated carbocycles. The molecule has 1 unspecified atom stereocenters. The molecule has 21 heavy (non-hydrogen) atoms. The van der Waals surface area contributed by atoms with Gasteiger partial charge in [0.1, 0.15) is 5.54 Å². The summed E-state index contributed by atoms with van der Waals surface area (Å²) >= 11 is 0. The highest BCUT2D eigenvalue weighted by molar-refractivity contribution is 5.82. The van der Waals surface area contributed by atoms with E-state index in [1.165, 1.54) is 7.11 Å². The van der Waals surface area contributed by atoms with Crippen LogP contribution in [0.3, 0.4) is 0 Å². The lowest BCUT2D eigenvalue weighted by molar-refractivity contribution is -0.148. The Kier molecular flexibility index (Phi) is 4.43. The Balaban J connectivity index is 2.25. The minimum absolute atomic E-state index is 0.422. The molecule has 0 bridgehead atoms. The molecule has 0 aliphatic carbocycles. The number of ether oxygens (including phenoxy) is 1. The van der Waals surface area contributed by atoms with Crippen molar-refractivity contribution in [2.75, 3.05) is 7.11 Å². The van der Waals surface area contributed by atoms with Crippen LogP contribution in [0.4, 0.5) is 0 Å². The predicted molar refractivity (Wildman–Crippen MR) is 80.6 cm³/mol. The standard InChI is InChI=1S/C16H21N3O2/c1-12-11-13(2)19(18-12)10-9-16(17,15(20)21-3)14-7-5-4-6-8-14/h4-8,11H,9-10,17H2,1-3H3. The zero-order chi connectivity index (χ0) is 15.5. The first-order valence-corrected chi connectivity index (χ1v) is 6.91. The highest BCUT2D eigenvalue weighted by Crippen LogP contribution is 2.24. The summed E-state index contributed by atoms with van der Waals surface area (Å²) in [6.07, 6.45) is 0.422. The Morgan fingerprint density at radius 2 is 2.00 bits per heavy atom. The molecule has 1 heterocycles. The van der Waals surface area contributed by atoms with Gasteiger partial charge in [-0.1, -0.05) is 30.3 Å². The van der Waals surface area contributed by atoms with Crippen LogP contribution in [0.1, 0.15) is 23.4 Å². The van der Waals surface area contributed by atoms with Gasteiger partial charge in [-0.25, -0.2) is 4.79 Å². The number of hydrogen-bond donors (Lipinski definition) is 1. The Hall–Kier alpha value is -2.14. The van der Waals surface area contributed by atoms with Crippen molar-refractivity contribution in [3.8, 4) is 0 Å². The second-order valence-electron chi connectivity index (χ2n) is 5.23. The topological polar surface area (TPSA) is 70.1 Å². The van der Waals surface area contributed by atoms with E-state index in [0.717, 1.165) is 17.0 Å². The molecule has 0 amide bonds. The highest BCUT2D eigenvalue weighted by atomic mass is 16.5. The molecule has 1 aromatic carbocycles. The van der Waals surface area contributed by atoms with Gasteiger partial charge in [0, 0.05) is 12.2 Å². The minimum atomic E-state index is -1.16. The van der Waals surface area contributed by atoms with Crippen molar-refractivity contribution in [2.24, 2.45) is 5.73 Å². The molecular weight excluding hydrogens is 266 g/mol. The number of carbonyl (C=O) groups is 1. The monoisotopic (exact) mass is 287 g/mol. The van der Waals surface area contributed by atoms with Gasteiger partial charge in [-0.15, -0.1) is 0 Å². The molecular formula is C16H21N3O2. The average molecular weight is 287 g/mol. The van der Waals surface area contributed by atoms with Crippen molar-refractivity contribution in [1.82, 2.24) is 9.78 Å². The maximum Gasteiger partial charge on any atom is 0.330 e. The lowest BCUT2D eigenvalue weighted by Gasteiger charge is -2.27. The Morgan fingerprint density at radius 3 is 2.52 bits per heavy atom. The summed E-state index contributed by atoms with van der Waals surface area (Å²) in [6.45, 7) is 4.48. The molecule has 1 aromatic heterocycles. The van der Waals surface area contributed by atoms with Crippen LogP contribution in [-0.4, -0.2) is 22.9 Å². The molecule has 0 radical (unpaired) electrons. The number of hydrogen-bond acceptors (Lipinski definition) is 4. The molecule has 112 valence electrons. The number of methoxy groups -OCH3 is 1. The normalized spacial score (nSPS) is 13.7. The van der Waals surface area contributed by atoms with Crippen LogP contribution < -0.4 is 5.73 Å². The zero-order valence-electron chi connectivity index (χ0n) is 12.7. The van der Waals surface area contributed by atoms with E-state index in [1.54, 1.807) is 0 Å². The van der Waals surface area contributed by atoms with Gasteiger partial charge in [-0.3, -0.25) is 4.68 Å². The van der Waals surface area contributed by atoms with Gasteiger partial charge < -0.3 is 10.5 Å². The van der Waals surface area contributed by atoms with Crippen molar-refractivity contribution < 1.29 is 9.53 Å². The third-order valence-corrected chi connectivity index (χ3v) is 3.66. The summed E-state index contributed by atoms with van der Waals surface area (Å²) < 4.78 is 6.76. The van der Waals surface area contributed by atoms with Crippen LogP contribution >= 0.6 is 0 Å². The van der Waals surface area contributed by atoms with E-state index in [-0.39, 0.29) is 0 Å². The van der Waals surface area contributed by atoms with Gasteiger partial charge in [0.25, 0.3) is 0 Å². The molecule has 2 aromatic rings. The molecule has 2 rings (SSSR count). The molecule has 2 N–H and O–H groups in total. The quantitative estimate of drug-likeness (QED) is 0.853. The summed E-state index contributed by atoms with van der Waals surface area (Å²) in [5.41, 5.74) is 7.95. The van der Waals surface area contributed by atoms with Crippen LogP contribution in [0.2, 0.25) is 0 Å². The first-order valence-electron chi connectivity index (χ1n) is 6.91. The number of benzene rings is 1. The van der Waals surface area contributed by atoms with Crippen molar-refractivity contribution in [3.63, 3.8) is 0 Å². The fraction of sp³-hybridized carbons (Fsp3) is 0.375. The second-order valence-corrected chi connectivity index (χ2v) is 5.23. The van der Waals surface area contributed by atoms with Crippen LogP contribution in [0.25, 0.3) is 0 Å². The third-order valence-electron chi connectivity index (χ3n) is 3.66. The number of aromatic nitrogens is 2. The summed E-state index contributed by atoms with van der Waals surface area (Å²) in [5, 5.41) is 4.40. The van der Waals surface area contributed by atoms with Crippen LogP contribution in [0.5, 0.6) is 0 Å². The second kappa shape index (κ2) is 6.10. The van der Waals surface area contributed by atoms with Crippen LogP contribution in [-0.2, 0) is 21.6 Å². The lowest BCUT2D eigenvalue weighted by Crippen LogP contribution is -2.46. The third kappa shape index (κ3) is 3.13. The van der Waals surface area contributed by atoms with Gasteiger partial charge >= 0.3 is 5.97 Å². The number of nitrogens with two attached hydrogens (primary N) is 1. The van der Waals surface area contributed by atoms with Crippen molar-refractivity contribution in [1.29, 1.82) is 0 Å². The van der Waals surface area contributed by atoms with Crippen molar-refractivity contribution >= 4 is 5.97 Å². The molecule has 0 aliphatic heterocycles. The number of rotatable bonds is 5. The van der Waals surface area contributed by atoms with Gasteiger partial charge in [-0.05, 0) is 31.9 Å². The number of aryl methyl sites for hydroxylation is 3. The first kappa shape index (κ1) is 15.3. The fourth-order valence-corrected chi connectivity index (χ4v) is 2.47. The summed E-state index contributed by atoms with van der Waals surface area (Å²) in [6, 6.07) is 11.3. The fourth-order valence-electron chi connectivity index (χ4n) is 2.47. The zero-order valence-corrected chi connectivity index (χ0v) is 12.7. The maximum atomic E-state index is 12.2. The maximum absolute atomic E-state index is 12.2. The summed E-state index contributed by atoms with van der Waals surface area (Å²) in [4.78, 5) is 12.2. The molecule has 0 spiro atoms. The van der Waals surface area contributed by atoms with Crippen molar-refractivity contribution in [3.05, 3.63) is 53.3 Å². The Bertz CT molecular complexity index is 622. The lowest BCUT2D eigenvalue weighted by atomic mass is 9.87. The largest absolute Gasteiger partial charge is 0.467 e. The molecule has 0 fully saturated rings. The predicted octanol–water partition coefficient (Wildman–Crippen LogP) is 1.92. The van der Waals surface area contributed by atoms with Crippen LogP contribution in [0, 0.1) is 13.8 Å². The van der Waals surface area contributed by atoms with E-state index in [4.69, 9.17) is 10.5 Å². The highest BCUT2D eigenvalue weighted by Gasteiger charge is 2.37. The van der Waals surface area contributed by atoms with E-state index in [9.17, 15) is 4.79 Å². The SMILES string of the molecule is COC(=O)C(N)(CCn1nc(C)cc1C)c1ccccc1. The Morgan fingerprint density at radius 1 is 1.33 bits per heavy atom. The summed E-state index contributed by atoms with van der Waals surface area (Å²) in [7, 11) is 1.36. The molecule has 1 atom stereocenters. The van der Waals surface area contributed by atoms with Gasteiger partial charge in [-0.2, -0.15) is 5.10 Å². The molecule has 0 saturated heterocycles. The van der Waals surface area contributed by atoms with E-state index in [1.807, 2.05) is 54.9 Å². The Labute approximate surface area is 124 Å². The average Bonchev–Trinajstić information content (AvgIpc) is 2.82. The van der Waals surface area contributed by atoms with E-state index >= 15 is 0 Å². The smallest absolute Gasteiger partial charge is 0.330 e. The molecule has 5 nitrogen and oxygen atoms in total. The van der Waals surface area contributed by atoms with Crippen LogP contribution in [0.15, 0.2) is 36.4 Å².